The maximum Gasteiger partial charge on any atom is 0.182 e. The van der Waals surface area contributed by atoms with Crippen LogP contribution in [0.1, 0.15) is 12.8 Å². The van der Waals surface area contributed by atoms with Crippen LogP contribution in [0.5, 0.6) is 0 Å². The molecule has 0 bridgehead atoms. The van der Waals surface area contributed by atoms with Crippen LogP contribution in [-0.4, -0.2) is 26.2 Å². The molecule has 0 aromatic heterocycles. The van der Waals surface area contributed by atoms with Gasteiger partial charge >= 0.3 is 0 Å². The minimum Gasteiger partial charge on any atom is -0.369 e. The number of hydrogen-bond acceptors (Lipinski definition) is 2. The number of rotatable bonds is 1. The van der Waals surface area contributed by atoms with Crippen molar-refractivity contribution in [1.29, 1.82) is 0 Å². The van der Waals surface area contributed by atoms with Crippen LogP contribution in [0.4, 0.5) is 18.9 Å². The van der Waals surface area contributed by atoms with Crippen molar-refractivity contribution in [1.82, 2.24) is 5.32 Å². The second-order valence-electron chi connectivity index (χ2n) is 4.16. The van der Waals surface area contributed by atoms with E-state index in [0.717, 1.165) is 32.0 Å². The van der Waals surface area contributed by atoms with Crippen LogP contribution >= 0.6 is 0 Å². The van der Waals surface area contributed by atoms with Gasteiger partial charge in [0.05, 0.1) is 5.69 Å². The van der Waals surface area contributed by atoms with Crippen LogP contribution in [0.15, 0.2) is 12.1 Å². The molecule has 2 nitrogen and oxygen atoms in total. The summed E-state index contributed by atoms with van der Waals surface area (Å²) in [5.74, 6) is -2.82. The lowest BCUT2D eigenvalue weighted by molar-refractivity contribution is 0.487. The van der Waals surface area contributed by atoms with E-state index in [1.54, 1.807) is 4.90 Å². The Labute approximate surface area is 98.4 Å². The zero-order chi connectivity index (χ0) is 12.3. The Bertz CT molecular complexity index is 388. The Balaban J connectivity index is 2.24. The molecule has 1 N–H and O–H groups in total. The first-order valence-electron chi connectivity index (χ1n) is 5.78. The first kappa shape index (κ1) is 12.2. The van der Waals surface area contributed by atoms with Gasteiger partial charge in [0.15, 0.2) is 11.6 Å². The van der Waals surface area contributed by atoms with E-state index in [0.29, 0.717) is 19.2 Å². The van der Waals surface area contributed by atoms with E-state index in [-0.39, 0.29) is 5.69 Å². The van der Waals surface area contributed by atoms with E-state index < -0.39 is 17.5 Å². The normalized spacial score (nSPS) is 17.7. The molecule has 0 spiro atoms. The molecule has 1 aliphatic heterocycles. The molecule has 17 heavy (non-hydrogen) atoms. The minimum absolute atomic E-state index is 0.0319. The smallest absolute Gasteiger partial charge is 0.182 e. The quantitative estimate of drug-likeness (QED) is 0.762. The number of halogens is 3. The zero-order valence-electron chi connectivity index (χ0n) is 9.48. The Morgan fingerprint density at radius 2 is 1.65 bits per heavy atom. The minimum atomic E-state index is -1.12. The van der Waals surface area contributed by atoms with Gasteiger partial charge in [-0.25, -0.2) is 13.2 Å². The van der Waals surface area contributed by atoms with Crippen molar-refractivity contribution in [2.24, 2.45) is 0 Å². The van der Waals surface area contributed by atoms with Gasteiger partial charge in [0.1, 0.15) is 5.82 Å². The molecule has 94 valence electrons. The summed E-state index contributed by atoms with van der Waals surface area (Å²) in [4.78, 5) is 1.71. The van der Waals surface area contributed by atoms with E-state index >= 15 is 0 Å². The van der Waals surface area contributed by atoms with Gasteiger partial charge in [0.25, 0.3) is 0 Å². The predicted molar refractivity (Wildman–Crippen MR) is 60.6 cm³/mol. The molecular formula is C12H15F3N2. The predicted octanol–water partition coefficient (Wildman–Crippen LogP) is 2.29. The van der Waals surface area contributed by atoms with Crippen molar-refractivity contribution >= 4 is 5.69 Å². The first-order valence-corrected chi connectivity index (χ1v) is 5.78. The van der Waals surface area contributed by atoms with Crippen molar-refractivity contribution in [3.05, 3.63) is 29.6 Å². The van der Waals surface area contributed by atoms with Crippen molar-refractivity contribution in [3.8, 4) is 0 Å². The van der Waals surface area contributed by atoms with Gasteiger partial charge in [0.2, 0.25) is 0 Å². The highest BCUT2D eigenvalue weighted by Crippen LogP contribution is 2.24. The lowest BCUT2D eigenvalue weighted by Gasteiger charge is -2.27. The van der Waals surface area contributed by atoms with Gasteiger partial charge < -0.3 is 10.2 Å². The number of benzene rings is 1. The largest absolute Gasteiger partial charge is 0.369 e. The summed E-state index contributed by atoms with van der Waals surface area (Å²) >= 11 is 0. The van der Waals surface area contributed by atoms with Crippen LogP contribution in [0.2, 0.25) is 0 Å². The number of nitrogens with zero attached hydrogens (tertiary/aromatic N) is 1. The highest BCUT2D eigenvalue weighted by Gasteiger charge is 2.17. The summed E-state index contributed by atoms with van der Waals surface area (Å²) in [6, 6.07) is 1.64. The lowest BCUT2D eigenvalue weighted by Crippen LogP contribution is -2.34. The number of hydrogen-bond donors (Lipinski definition) is 1. The fourth-order valence-corrected chi connectivity index (χ4v) is 2.04. The Kier molecular flexibility index (Phi) is 3.89. The number of anilines is 1. The third-order valence-corrected chi connectivity index (χ3v) is 2.88. The Morgan fingerprint density at radius 1 is 1.00 bits per heavy atom. The van der Waals surface area contributed by atoms with Crippen LogP contribution in [0, 0.1) is 17.5 Å². The third-order valence-electron chi connectivity index (χ3n) is 2.88. The van der Waals surface area contributed by atoms with Crippen molar-refractivity contribution in [3.63, 3.8) is 0 Å². The average Bonchev–Trinajstić information content (AvgIpc) is 2.23. The van der Waals surface area contributed by atoms with E-state index in [1.165, 1.54) is 0 Å². The molecule has 0 saturated carbocycles. The Morgan fingerprint density at radius 3 is 2.29 bits per heavy atom. The van der Waals surface area contributed by atoms with E-state index in [1.807, 2.05) is 0 Å². The van der Waals surface area contributed by atoms with Crippen LogP contribution in [0.25, 0.3) is 0 Å². The summed E-state index contributed by atoms with van der Waals surface area (Å²) < 4.78 is 39.8. The average molecular weight is 244 g/mol. The molecule has 1 aromatic carbocycles. The van der Waals surface area contributed by atoms with Crippen LogP contribution in [-0.2, 0) is 0 Å². The highest BCUT2D eigenvalue weighted by molar-refractivity contribution is 5.48. The maximum absolute atomic E-state index is 13.6. The molecule has 1 aromatic rings. The first-order chi connectivity index (χ1) is 8.18. The van der Waals surface area contributed by atoms with Crippen LogP contribution < -0.4 is 10.2 Å². The van der Waals surface area contributed by atoms with Gasteiger partial charge in [-0.2, -0.15) is 0 Å². The standard InChI is InChI=1S/C12H15F3N2/c13-9-7-10(14)12(15)11(8-9)17-5-1-3-16-4-2-6-17/h7-8,16H,1-6H2. The second kappa shape index (κ2) is 5.40. The van der Waals surface area contributed by atoms with E-state index in [2.05, 4.69) is 5.32 Å². The van der Waals surface area contributed by atoms with Crippen LogP contribution in [0.3, 0.4) is 0 Å². The fraction of sp³-hybridized carbons (Fsp3) is 0.500. The van der Waals surface area contributed by atoms with E-state index in [9.17, 15) is 13.2 Å². The summed E-state index contributed by atoms with van der Waals surface area (Å²) in [5, 5.41) is 3.23. The van der Waals surface area contributed by atoms with Crippen molar-refractivity contribution in [2.45, 2.75) is 12.8 Å². The molecule has 0 aliphatic carbocycles. The zero-order valence-corrected chi connectivity index (χ0v) is 9.48. The topological polar surface area (TPSA) is 15.3 Å². The SMILES string of the molecule is Fc1cc(F)c(F)c(N2CCCNCCC2)c1. The van der Waals surface area contributed by atoms with Crippen molar-refractivity contribution in [2.75, 3.05) is 31.1 Å². The molecule has 1 heterocycles. The van der Waals surface area contributed by atoms with Gasteiger partial charge in [-0.15, -0.1) is 0 Å². The molecule has 1 aliphatic rings. The lowest BCUT2D eigenvalue weighted by atomic mass is 10.2. The summed E-state index contributed by atoms with van der Waals surface area (Å²) in [6.45, 7) is 2.89. The van der Waals surface area contributed by atoms with Gasteiger partial charge in [-0.3, -0.25) is 0 Å². The maximum atomic E-state index is 13.6. The molecular weight excluding hydrogens is 229 g/mol. The summed E-state index contributed by atoms with van der Waals surface area (Å²) in [6.07, 6.45) is 1.66. The molecule has 1 saturated heterocycles. The fourth-order valence-electron chi connectivity index (χ4n) is 2.04. The molecule has 1 fully saturated rings. The molecule has 5 heteroatoms. The van der Waals surface area contributed by atoms with Crippen molar-refractivity contribution < 1.29 is 13.2 Å². The molecule has 0 amide bonds. The molecule has 2 rings (SSSR count). The van der Waals surface area contributed by atoms with E-state index in [4.69, 9.17) is 0 Å². The second-order valence-corrected chi connectivity index (χ2v) is 4.16. The summed E-state index contributed by atoms with van der Waals surface area (Å²) in [5.41, 5.74) is 0.0319. The molecule has 0 unspecified atom stereocenters. The monoisotopic (exact) mass is 244 g/mol. The highest BCUT2D eigenvalue weighted by atomic mass is 19.2. The van der Waals surface area contributed by atoms with Gasteiger partial charge in [-0.1, -0.05) is 0 Å². The summed E-state index contributed by atoms with van der Waals surface area (Å²) in [7, 11) is 0. The number of nitrogens with one attached hydrogen (secondary N) is 1. The molecule has 0 atom stereocenters. The van der Waals surface area contributed by atoms with Gasteiger partial charge in [-0.05, 0) is 25.9 Å². The Hall–Kier alpha value is -1.23. The molecule has 0 radical (unpaired) electrons. The third kappa shape index (κ3) is 2.91. The van der Waals surface area contributed by atoms with Gasteiger partial charge in [0, 0.05) is 25.2 Å².